The van der Waals surface area contributed by atoms with E-state index >= 15 is 14.4 Å². The Labute approximate surface area is 635 Å². The summed E-state index contributed by atoms with van der Waals surface area (Å²) in [6.45, 7) is -0.111. The summed E-state index contributed by atoms with van der Waals surface area (Å²) in [5, 5.41) is 86.4. The van der Waals surface area contributed by atoms with Crippen molar-refractivity contribution in [1.29, 1.82) is 0 Å². The van der Waals surface area contributed by atoms with E-state index in [0.29, 0.717) is 55.2 Å². The molecular formula is C77H87N13O19S. The highest BCUT2D eigenvalue weighted by atomic mass is 32.1. The Bertz CT molecular complexity index is 4550. The van der Waals surface area contributed by atoms with Crippen LogP contribution in [0.25, 0.3) is 21.8 Å². The Hall–Kier alpha value is -12.5. The number of aromatic amines is 2. The van der Waals surface area contributed by atoms with Gasteiger partial charge in [0.2, 0.25) is 59.1 Å². The van der Waals surface area contributed by atoms with Gasteiger partial charge in [0.25, 0.3) is 0 Å². The predicted octanol–water partition coefficient (Wildman–Crippen LogP) is 0.0131. The van der Waals surface area contributed by atoms with E-state index in [-0.39, 0.29) is 44.3 Å². The van der Waals surface area contributed by atoms with Crippen LogP contribution < -0.4 is 58.9 Å². The van der Waals surface area contributed by atoms with Crippen LogP contribution in [0.5, 0.6) is 5.75 Å². The lowest BCUT2D eigenvalue weighted by Gasteiger charge is -2.28. The van der Waals surface area contributed by atoms with Crippen molar-refractivity contribution in [3.8, 4) is 5.75 Å². The van der Waals surface area contributed by atoms with Gasteiger partial charge in [-0.05, 0) is 77.4 Å². The second kappa shape index (κ2) is 40.5. The molecule has 0 aliphatic rings. The first-order valence-corrected chi connectivity index (χ1v) is 35.7. The summed E-state index contributed by atoms with van der Waals surface area (Å²) in [5.74, 6) is -15.7. The van der Waals surface area contributed by atoms with Gasteiger partial charge < -0.3 is 99.5 Å². The van der Waals surface area contributed by atoms with Crippen LogP contribution in [-0.2, 0) is 101 Å². The molecule has 110 heavy (non-hydrogen) atoms. The van der Waals surface area contributed by atoms with Crippen molar-refractivity contribution in [3.63, 3.8) is 0 Å². The summed E-state index contributed by atoms with van der Waals surface area (Å²) < 4.78 is 0. The highest BCUT2D eigenvalue weighted by molar-refractivity contribution is 7.80. The van der Waals surface area contributed by atoms with Crippen LogP contribution >= 0.6 is 12.6 Å². The van der Waals surface area contributed by atoms with Gasteiger partial charge in [-0.3, -0.25) is 57.5 Å². The average molecular weight is 1530 g/mol. The predicted molar refractivity (Wildman–Crippen MR) is 403 cm³/mol. The number of aliphatic carboxylic acids is 3. The number of amides is 10. The number of phenols is 1. The summed E-state index contributed by atoms with van der Waals surface area (Å²) in [6.07, 6.45) is -2.03. The zero-order valence-electron chi connectivity index (χ0n) is 59.5. The number of nitrogens with one attached hydrogen (secondary N) is 12. The molecule has 6 aromatic carbocycles. The second-order valence-electron chi connectivity index (χ2n) is 26.2. The number of hydrogen-bond acceptors (Lipinski definition) is 18. The van der Waals surface area contributed by atoms with Crippen LogP contribution in [0.3, 0.4) is 0 Å². The van der Waals surface area contributed by atoms with E-state index in [4.69, 9.17) is 5.73 Å². The SMILES string of the molecule is C[C@@H](O)[C@H](NC(=O)[C@H](CC(=O)O)NC(=O)[C@H](Cc1ccccc1)NC(=O)[C@H](CO)NC(=O)[C@H](Cc1ccc(O)cc1)NC(=O)[C@H](Cc1ccccc1)NC(=O)[C@H](Cc1c[nH]c2ccccc12)NC(=O)[C@H](Cc1c[nH]c2ccccc12)NC(=O)[C@H](CS)NC(=O)[C@H](CCC(=O)O)NC(=O)[C@@H](N)Cc1ccccc1)C(=O)O. The number of aromatic hydroxyl groups is 1. The first kappa shape index (κ1) is 83.2. The Balaban J connectivity index is 1.08. The number of fused-ring (bicyclic) bond motifs is 2. The minimum atomic E-state index is -1.98. The molecule has 0 saturated heterocycles. The van der Waals surface area contributed by atoms with Gasteiger partial charge in [-0.1, -0.05) is 140 Å². The van der Waals surface area contributed by atoms with Crippen LogP contribution in [0, 0.1) is 0 Å². The lowest BCUT2D eigenvalue weighted by molar-refractivity contribution is -0.146. The van der Waals surface area contributed by atoms with Gasteiger partial charge in [0.15, 0.2) is 6.04 Å². The van der Waals surface area contributed by atoms with Crippen LogP contribution in [0.15, 0.2) is 176 Å². The first-order chi connectivity index (χ1) is 52.7. The summed E-state index contributed by atoms with van der Waals surface area (Å²) in [6, 6.07) is 26.2. The van der Waals surface area contributed by atoms with Gasteiger partial charge in [-0.15, -0.1) is 0 Å². The maximum absolute atomic E-state index is 15.5. The number of H-pyrrole nitrogens is 2. The Kier molecular flexibility index (Phi) is 30.6. The Morgan fingerprint density at radius 1 is 0.391 bits per heavy atom. The maximum Gasteiger partial charge on any atom is 0.328 e. The molecule has 2 heterocycles. The molecule has 0 radical (unpaired) electrons. The number of rotatable bonds is 41. The van der Waals surface area contributed by atoms with E-state index in [1.807, 2.05) is 5.32 Å². The fraction of sp³-hybridized carbons (Fsp3) is 0.312. The number of nitrogens with two attached hydrogens (primary N) is 1. The van der Waals surface area contributed by atoms with E-state index in [1.54, 1.807) is 152 Å². The molecule has 580 valence electrons. The first-order valence-electron chi connectivity index (χ1n) is 35.0. The zero-order chi connectivity index (χ0) is 79.6. The lowest BCUT2D eigenvalue weighted by atomic mass is 9.99. The van der Waals surface area contributed by atoms with Crippen molar-refractivity contribution in [3.05, 3.63) is 210 Å². The van der Waals surface area contributed by atoms with Crippen LogP contribution in [0.1, 0.15) is 59.6 Å². The molecular weight excluding hydrogens is 1440 g/mol. The summed E-state index contributed by atoms with van der Waals surface area (Å²) in [5.41, 5.74) is 10.5. The van der Waals surface area contributed by atoms with Gasteiger partial charge in [0, 0.05) is 78.5 Å². The van der Waals surface area contributed by atoms with Gasteiger partial charge in [-0.25, -0.2) is 4.79 Å². The molecule has 0 bridgehead atoms. The molecule has 0 aliphatic heterocycles. The number of thiol groups is 1. The largest absolute Gasteiger partial charge is 0.508 e. The zero-order valence-corrected chi connectivity index (χ0v) is 60.4. The molecule has 0 fully saturated rings. The Morgan fingerprint density at radius 2 is 0.727 bits per heavy atom. The monoisotopic (exact) mass is 1530 g/mol. The summed E-state index contributed by atoms with van der Waals surface area (Å²) >= 11 is 4.37. The summed E-state index contributed by atoms with van der Waals surface area (Å²) in [7, 11) is 0. The smallest absolute Gasteiger partial charge is 0.328 e. The maximum atomic E-state index is 15.5. The number of aromatic nitrogens is 2. The standard InChI is InChI=1S/C77H87N13O19S/c1-42(92)66(77(108)109)90-74(105)61(37-65(96)97)87-70(101)57(33-45-19-9-4-10-20-45)84-75(106)62(40-91)88-71(102)58(34-46-25-27-49(93)28-26-46)82-69(100)56(32-44-17-7-3-8-18-44)83-72(103)59(35-47-38-79-53-23-13-11-21-50(47)53)85-73(104)60(36-48-39-80-54-24-14-12-22-51(48)54)86-76(107)63(41-110)89-68(99)55(29-30-64(94)95)81-67(98)52(78)31-43-15-5-2-6-16-43/h2-28,38-39,42,52,55-63,66,79-80,91-93,110H,29-37,40-41,78H2,1H3,(H,81,98)(H,82,100)(H,83,103)(H,84,106)(H,85,104)(H,86,107)(H,87,101)(H,88,102)(H,89,99)(H,90,105)(H,94,95)(H,96,97)(H,108,109)/t42-,52+,55+,56+,57+,58+,59+,60+,61+,62+,63+,66+/m1/s1. The number of carboxylic acids is 3. The highest BCUT2D eigenvalue weighted by Gasteiger charge is 2.38. The number of carbonyl (C=O) groups excluding carboxylic acids is 10. The number of phenolic OH excluding ortho intramolecular Hbond substituents is 1. The van der Waals surface area contributed by atoms with Crippen molar-refractivity contribution in [2.24, 2.45) is 5.73 Å². The Morgan fingerprint density at radius 3 is 1.13 bits per heavy atom. The van der Waals surface area contributed by atoms with Crippen molar-refractivity contribution in [2.75, 3.05) is 12.4 Å². The van der Waals surface area contributed by atoms with Gasteiger partial charge in [-0.2, -0.15) is 12.6 Å². The molecule has 20 N–H and O–H groups in total. The molecule has 33 heteroatoms. The van der Waals surface area contributed by atoms with E-state index in [9.17, 15) is 78.6 Å². The fourth-order valence-corrected chi connectivity index (χ4v) is 12.3. The van der Waals surface area contributed by atoms with Gasteiger partial charge in [0.1, 0.15) is 60.1 Å². The van der Waals surface area contributed by atoms with Crippen LogP contribution in [-0.4, -0.2) is 203 Å². The summed E-state index contributed by atoms with van der Waals surface area (Å²) in [4.78, 5) is 187. The lowest BCUT2D eigenvalue weighted by Crippen LogP contribution is -2.62. The molecule has 12 atom stereocenters. The normalized spacial score (nSPS) is 14.4. The third-order valence-corrected chi connectivity index (χ3v) is 18.3. The molecule has 32 nitrogen and oxygen atoms in total. The van der Waals surface area contributed by atoms with Crippen molar-refractivity contribution >= 4 is 111 Å². The second-order valence-corrected chi connectivity index (χ2v) is 26.5. The van der Waals surface area contributed by atoms with Crippen LogP contribution in [0.2, 0.25) is 0 Å². The molecule has 0 spiro atoms. The molecule has 10 amide bonds. The average Bonchev–Trinajstić information content (AvgIpc) is 1.49. The molecule has 8 rings (SSSR count). The fourth-order valence-electron chi connectivity index (χ4n) is 12.0. The number of para-hydroxylation sites is 2. The van der Waals surface area contributed by atoms with E-state index in [2.05, 4.69) is 70.4 Å². The molecule has 0 saturated carbocycles. The quantitative estimate of drug-likeness (QED) is 0.0225. The van der Waals surface area contributed by atoms with Crippen molar-refractivity contribution < 1.29 is 93.0 Å². The van der Waals surface area contributed by atoms with Crippen molar-refractivity contribution in [2.45, 2.75) is 137 Å². The number of hydrogen-bond donors (Lipinski definition) is 20. The molecule has 2 aromatic heterocycles. The third kappa shape index (κ3) is 24.5. The number of benzene rings is 6. The molecule has 0 aliphatic carbocycles. The van der Waals surface area contributed by atoms with Gasteiger partial charge in [0.05, 0.1) is 25.2 Å². The molecule has 0 unspecified atom stereocenters. The van der Waals surface area contributed by atoms with Crippen LogP contribution in [0.4, 0.5) is 0 Å². The minimum absolute atomic E-state index is 0.0655. The van der Waals surface area contributed by atoms with E-state index in [1.165, 1.54) is 24.3 Å². The van der Waals surface area contributed by atoms with Crippen molar-refractivity contribution in [1.82, 2.24) is 63.1 Å². The highest BCUT2D eigenvalue weighted by Crippen LogP contribution is 2.23. The van der Waals surface area contributed by atoms with E-state index in [0.717, 1.165) is 6.92 Å². The topological polar surface area (TPSA) is 521 Å². The third-order valence-electron chi connectivity index (χ3n) is 17.9. The number of aliphatic hydroxyl groups is 2. The number of aliphatic hydroxyl groups excluding tert-OH is 2. The number of carbonyl (C=O) groups is 13. The molecule has 8 aromatic rings. The number of carboxylic acid groups (broad SMARTS) is 3. The van der Waals surface area contributed by atoms with E-state index < -0.39 is 181 Å². The van der Waals surface area contributed by atoms with Gasteiger partial charge >= 0.3 is 17.9 Å². The minimum Gasteiger partial charge on any atom is -0.508 e.